The maximum atomic E-state index is 12.9. The molecule has 1 aliphatic heterocycles. The number of nitrogen functional groups attached to an aromatic ring is 1. The summed E-state index contributed by atoms with van der Waals surface area (Å²) in [6.07, 6.45) is 1.86. The first kappa shape index (κ1) is 16.4. The molecule has 1 unspecified atom stereocenters. The van der Waals surface area contributed by atoms with Crippen molar-refractivity contribution in [3.05, 3.63) is 27.7 Å². The van der Waals surface area contributed by atoms with Crippen molar-refractivity contribution in [1.29, 1.82) is 0 Å². The highest BCUT2D eigenvalue weighted by Gasteiger charge is 2.28. The van der Waals surface area contributed by atoms with Crippen molar-refractivity contribution in [3.63, 3.8) is 0 Å². The Balaban J connectivity index is 2.33. The molecule has 21 heavy (non-hydrogen) atoms. The van der Waals surface area contributed by atoms with E-state index in [0.29, 0.717) is 16.3 Å². The number of hydrogen-bond donors (Lipinski definition) is 1. The molecule has 1 atom stereocenters. The third kappa shape index (κ3) is 3.62. The minimum atomic E-state index is -0.0867. The number of halogens is 2. The lowest BCUT2D eigenvalue weighted by Gasteiger charge is -2.30. The van der Waals surface area contributed by atoms with Gasteiger partial charge in [-0.3, -0.25) is 4.79 Å². The standard InChI is InChI=1S/C15H21Cl2N3O/c1-3-11-9-19(2)5-4-6-20(11)15(21)12-7-10(18)8-13(16)14(12)17/h7-8,11H,3-6,9,18H2,1-2H3. The molecule has 0 bridgehead atoms. The van der Waals surface area contributed by atoms with E-state index in [2.05, 4.69) is 18.9 Å². The van der Waals surface area contributed by atoms with Crippen LogP contribution in [0.25, 0.3) is 0 Å². The van der Waals surface area contributed by atoms with Crippen LogP contribution in [0.2, 0.25) is 10.0 Å². The Morgan fingerprint density at radius 2 is 2.10 bits per heavy atom. The molecule has 1 aromatic rings. The predicted octanol–water partition coefficient (Wildman–Crippen LogP) is 3.13. The molecule has 2 rings (SSSR count). The van der Waals surface area contributed by atoms with Gasteiger partial charge in [-0.25, -0.2) is 0 Å². The summed E-state index contributed by atoms with van der Waals surface area (Å²) >= 11 is 12.2. The molecule has 1 aromatic carbocycles. The summed E-state index contributed by atoms with van der Waals surface area (Å²) in [6.45, 7) is 4.68. The van der Waals surface area contributed by atoms with Gasteiger partial charge in [0.25, 0.3) is 5.91 Å². The van der Waals surface area contributed by atoms with Crippen LogP contribution in [-0.4, -0.2) is 48.4 Å². The largest absolute Gasteiger partial charge is 0.399 e. The van der Waals surface area contributed by atoms with Gasteiger partial charge in [-0.15, -0.1) is 0 Å². The normalized spacial score (nSPS) is 20.4. The summed E-state index contributed by atoms with van der Waals surface area (Å²) in [4.78, 5) is 17.0. The Morgan fingerprint density at radius 3 is 2.76 bits per heavy atom. The van der Waals surface area contributed by atoms with Gasteiger partial charge in [-0.05, 0) is 38.6 Å². The molecule has 0 radical (unpaired) electrons. The van der Waals surface area contributed by atoms with Crippen LogP contribution in [0, 0.1) is 0 Å². The number of nitrogens with two attached hydrogens (primary N) is 1. The third-order valence-electron chi connectivity index (χ3n) is 3.92. The number of carbonyl (C=O) groups is 1. The highest BCUT2D eigenvalue weighted by atomic mass is 35.5. The van der Waals surface area contributed by atoms with Gasteiger partial charge >= 0.3 is 0 Å². The molecule has 1 amide bonds. The molecule has 1 heterocycles. The second-order valence-corrected chi connectivity index (χ2v) is 6.33. The highest BCUT2D eigenvalue weighted by Crippen LogP contribution is 2.30. The number of rotatable bonds is 2. The molecule has 116 valence electrons. The lowest BCUT2D eigenvalue weighted by atomic mass is 10.1. The van der Waals surface area contributed by atoms with Crippen LogP contribution in [0.15, 0.2) is 12.1 Å². The van der Waals surface area contributed by atoms with Crippen molar-refractivity contribution < 1.29 is 4.79 Å². The van der Waals surface area contributed by atoms with Crippen molar-refractivity contribution in [2.45, 2.75) is 25.8 Å². The van der Waals surface area contributed by atoms with Gasteiger partial charge in [0.2, 0.25) is 0 Å². The molecule has 2 N–H and O–H groups in total. The maximum Gasteiger partial charge on any atom is 0.255 e. The van der Waals surface area contributed by atoms with E-state index >= 15 is 0 Å². The lowest BCUT2D eigenvalue weighted by Crippen LogP contribution is -2.43. The van der Waals surface area contributed by atoms with E-state index in [-0.39, 0.29) is 17.0 Å². The number of carbonyl (C=O) groups excluding carboxylic acids is 1. The Labute approximate surface area is 135 Å². The van der Waals surface area contributed by atoms with Crippen molar-refractivity contribution in [1.82, 2.24) is 9.80 Å². The van der Waals surface area contributed by atoms with Crippen molar-refractivity contribution in [3.8, 4) is 0 Å². The van der Waals surface area contributed by atoms with Crippen LogP contribution >= 0.6 is 23.2 Å². The molecular formula is C15H21Cl2N3O. The van der Waals surface area contributed by atoms with Gasteiger partial charge in [0.15, 0.2) is 0 Å². The van der Waals surface area contributed by atoms with E-state index in [1.165, 1.54) is 0 Å². The molecule has 1 saturated heterocycles. The fraction of sp³-hybridized carbons (Fsp3) is 0.533. The minimum absolute atomic E-state index is 0.0867. The first-order chi connectivity index (χ1) is 9.93. The predicted molar refractivity (Wildman–Crippen MR) is 88.1 cm³/mol. The van der Waals surface area contributed by atoms with Crippen LogP contribution in [0.3, 0.4) is 0 Å². The first-order valence-corrected chi connectivity index (χ1v) is 7.93. The van der Waals surface area contributed by atoms with Gasteiger partial charge in [0, 0.05) is 24.8 Å². The van der Waals surface area contributed by atoms with Crippen molar-refractivity contribution in [2.24, 2.45) is 0 Å². The Morgan fingerprint density at radius 1 is 1.38 bits per heavy atom. The molecule has 1 aliphatic rings. The number of hydrogen-bond acceptors (Lipinski definition) is 3. The van der Waals surface area contributed by atoms with E-state index in [0.717, 1.165) is 32.5 Å². The Kier molecular flexibility index (Phi) is 5.36. The van der Waals surface area contributed by atoms with Crippen LogP contribution in [0.1, 0.15) is 30.1 Å². The third-order valence-corrected chi connectivity index (χ3v) is 4.72. The SMILES string of the molecule is CCC1CN(C)CCCN1C(=O)c1cc(N)cc(Cl)c1Cl. The summed E-state index contributed by atoms with van der Waals surface area (Å²) in [5.41, 5.74) is 6.64. The summed E-state index contributed by atoms with van der Waals surface area (Å²) in [5, 5.41) is 0.600. The maximum absolute atomic E-state index is 12.9. The molecule has 0 saturated carbocycles. The van der Waals surface area contributed by atoms with Crippen LogP contribution in [0.5, 0.6) is 0 Å². The minimum Gasteiger partial charge on any atom is -0.399 e. The smallest absolute Gasteiger partial charge is 0.255 e. The summed E-state index contributed by atoms with van der Waals surface area (Å²) < 4.78 is 0. The zero-order chi connectivity index (χ0) is 15.6. The van der Waals surface area contributed by atoms with Gasteiger partial charge in [0.1, 0.15) is 0 Å². The molecule has 1 fully saturated rings. The monoisotopic (exact) mass is 329 g/mol. The average Bonchev–Trinajstić information content (AvgIpc) is 2.63. The fourth-order valence-corrected chi connectivity index (χ4v) is 3.20. The Bertz CT molecular complexity index is 536. The van der Waals surface area contributed by atoms with Crippen LogP contribution < -0.4 is 5.73 Å². The van der Waals surface area contributed by atoms with E-state index in [9.17, 15) is 4.79 Å². The van der Waals surface area contributed by atoms with Crippen LogP contribution in [-0.2, 0) is 0 Å². The van der Waals surface area contributed by atoms with Crippen molar-refractivity contribution in [2.75, 3.05) is 32.4 Å². The topological polar surface area (TPSA) is 49.6 Å². The summed E-state index contributed by atoms with van der Waals surface area (Å²) in [5.74, 6) is -0.0867. The zero-order valence-corrected chi connectivity index (χ0v) is 13.9. The second-order valence-electron chi connectivity index (χ2n) is 5.54. The second kappa shape index (κ2) is 6.86. The molecule has 6 heteroatoms. The van der Waals surface area contributed by atoms with E-state index < -0.39 is 0 Å². The van der Waals surface area contributed by atoms with Gasteiger partial charge in [-0.1, -0.05) is 30.1 Å². The number of amides is 1. The quantitative estimate of drug-likeness (QED) is 0.848. The van der Waals surface area contributed by atoms with E-state index in [1.807, 2.05) is 4.90 Å². The molecule has 4 nitrogen and oxygen atoms in total. The zero-order valence-electron chi connectivity index (χ0n) is 12.4. The molecule has 0 spiro atoms. The average molecular weight is 330 g/mol. The highest BCUT2D eigenvalue weighted by molar-refractivity contribution is 6.44. The lowest BCUT2D eigenvalue weighted by molar-refractivity contribution is 0.0676. The summed E-state index contributed by atoms with van der Waals surface area (Å²) in [6, 6.07) is 3.35. The molecular weight excluding hydrogens is 309 g/mol. The van der Waals surface area contributed by atoms with E-state index in [4.69, 9.17) is 28.9 Å². The van der Waals surface area contributed by atoms with E-state index in [1.54, 1.807) is 12.1 Å². The first-order valence-electron chi connectivity index (χ1n) is 7.18. The number of likely N-dealkylation sites (N-methyl/N-ethyl adjacent to an activating group) is 1. The van der Waals surface area contributed by atoms with Gasteiger partial charge in [0.05, 0.1) is 15.6 Å². The number of nitrogens with zero attached hydrogens (tertiary/aromatic N) is 2. The fourth-order valence-electron chi connectivity index (χ4n) is 2.78. The Hall–Kier alpha value is -0.970. The molecule has 0 aromatic heterocycles. The van der Waals surface area contributed by atoms with Gasteiger partial charge in [-0.2, -0.15) is 0 Å². The number of benzene rings is 1. The van der Waals surface area contributed by atoms with Crippen molar-refractivity contribution >= 4 is 34.8 Å². The molecule has 0 aliphatic carbocycles. The van der Waals surface area contributed by atoms with Crippen LogP contribution in [0.4, 0.5) is 5.69 Å². The van der Waals surface area contributed by atoms with Gasteiger partial charge < -0.3 is 15.5 Å². The summed E-state index contributed by atoms with van der Waals surface area (Å²) in [7, 11) is 2.08. The number of anilines is 1.